The molecule has 1 saturated heterocycles. The number of benzene rings is 1. The Kier molecular flexibility index (Phi) is 4.20. The van der Waals surface area contributed by atoms with Gasteiger partial charge in [0.2, 0.25) is 5.91 Å². The molecule has 1 aliphatic heterocycles. The molecule has 1 heterocycles. The zero-order valence-corrected chi connectivity index (χ0v) is 10.8. The van der Waals surface area contributed by atoms with E-state index in [0.717, 1.165) is 31.0 Å². The maximum absolute atomic E-state index is 11.8. The lowest BCUT2D eigenvalue weighted by Crippen LogP contribution is -2.25. The molecule has 1 atom stereocenters. The van der Waals surface area contributed by atoms with Crippen LogP contribution in [0.4, 0.5) is 5.69 Å². The van der Waals surface area contributed by atoms with E-state index in [0.29, 0.717) is 13.0 Å². The molecule has 1 aliphatic rings. The Morgan fingerprint density at radius 3 is 2.67 bits per heavy atom. The van der Waals surface area contributed by atoms with Gasteiger partial charge in [0.15, 0.2) is 0 Å². The van der Waals surface area contributed by atoms with Crippen molar-refractivity contribution in [3.05, 3.63) is 24.3 Å². The van der Waals surface area contributed by atoms with Gasteiger partial charge in [-0.1, -0.05) is 6.92 Å². The van der Waals surface area contributed by atoms with E-state index < -0.39 is 0 Å². The number of nitrogens with zero attached hydrogens (tertiary/aromatic N) is 1. The summed E-state index contributed by atoms with van der Waals surface area (Å²) in [7, 11) is 0. The molecule has 0 saturated carbocycles. The van der Waals surface area contributed by atoms with Crippen molar-refractivity contribution < 1.29 is 9.53 Å². The zero-order valence-electron chi connectivity index (χ0n) is 10.8. The van der Waals surface area contributed by atoms with Gasteiger partial charge in [-0.05, 0) is 43.1 Å². The number of amides is 1. The van der Waals surface area contributed by atoms with Crippen LogP contribution in [0, 0.1) is 5.92 Å². The summed E-state index contributed by atoms with van der Waals surface area (Å²) in [5.41, 5.74) is 6.55. The second-order valence-corrected chi connectivity index (χ2v) is 4.65. The molecule has 1 unspecified atom stereocenters. The highest BCUT2D eigenvalue weighted by Crippen LogP contribution is 2.26. The molecule has 0 aromatic heterocycles. The van der Waals surface area contributed by atoms with Crippen LogP contribution in [0.2, 0.25) is 0 Å². The van der Waals surface area contributed by atoms with Crippen molar-refractivity contribution >= 4 is 11.6 Å². The number of carbonyl (C=O) groups excluding carboxylic acids is 1. The maximum atomic E-state index is 11.8. The van der Waals surface area contributed by atoms with Crippen LogP contribution in [0.15, 0.2) is 24.3 Å². The number of hydrogen-bond acceptors (Lipinski definition) is 3. The Hall–Kier alpha value is -1.55. The van der Waals surface area contributed by atoms with Crippen molar-refractivity contribution in [3.63, 3.8) is 0 Å². The van der Waals surface area contributed by atoms with Crippen LogP contribution in [0.5, 0.6) is 5.75 Å². The van der Waals surface area contributed by atoms with Crippen LogP contribution < -0.4 is 15.4 Å². The Morgan fingerprint density at radius 1 is 1.39 bits per heavy atom. The average molecular weight is 248 g/mol. The van der Waals surface area contributed by atoms with Crippen molar-refractivity contribution in [2.24, 2.45) is 11.7 Å². The first-order chi connectivity index (χ1) is 8.74. The first-order valence-corrected chi connectivity index (χ1v) is 6.48. The van der Waals surface area contributed by atoms with Crippen LogP contribution in [-0.4, -0.2) is 25.6 Å². The molecule has 1 fully saturated rings. The summed E-state index contributed by atoms with van der Waals surface area (Å²) < 4.78 is 5.52. The zero-order chi connectivity index (χ0) is 13.0. The number of nitrogens with two attached hydrogens (primary N) is 1. The van der Waals surface area contributed by atoms with E-state index in [1.807, 2.05) is 24.3 Å². The van der Waals surface area contributed by atoms with Crippen LogP contribution in [0.25, 0.3) is 0 Å². The summed E-state index contributed by atoms with van der Waals surface area (Å²) in [6, 6.07) is 7.69. The minimum Gasteiger partial charge on any atom is -0.494 e. The molecule has 2 N–H and O–H groups in total. The van der Waals surface area contributed by atoms with Crippen molar-refractivity contribution in [2.45, 2.75) is 19.8 Å². The van der Waals surface area contributed by atoms with Gasteiger partial charge in [0, 0.05) is 18.7 Å². The standard InChI is InChI=1S/C14H20N2O2/c1-2-7-18-13-5-3-12(4-6-13)16-10-11(9-15)8-14(16)17/h3-6,11H,2,7-10,15H2,1H3. The third kappa shape index (κ3) is 2.82. The molecule has 1 amide bonds. The van der Waals surface area contributed by atoms with Gasteiger partial charge in [0.05, 0.1) is 6.61 Å². The fourth-order valence-electron chi connectivity index (χ4n) is 2.13. The van der Waals surface area contributed by atoms with Gasteiger partial charge in [-0.3, -0.25) is 4.79 Å². The van der Waals surface area contributed by atoms with Gasteiger partial charge in [-0.15, -0.1) is 0 Å². The topological polar surface area (TPSA) is 55.6 Å². The van der Waals surface area contributed by atoms with Gasteiger partial charge >= 0.3 is 0 Å². The predicted octanol–water partition coefficient (Wildman–Crippen LogP) is 1.79. The second-order valence-electron chi connectivity index (χ2n) is 4.65. The van der Waals surface area contributed by atoms with E-state index in [4.69, 9.17) is 10.5 Å². The molecule has 1 aromatic carbocycles. The molecule has 18 heavy (non-hydrogen) atoms. The summed E-state index contributed by atoms with van der Waals surface area (Å²) in [4.78, 5) is 13.6. The lowest BCUT2D eigenvalue weighted by molar-refractivity contribution is -0.117. The molecule has 1 aromatic rings. The SMILES string of the molecule is CCCOc1ccc(N2CC(CN)CC2=O)cc1. The van der Waals surface area contributed by atoms with Crippen LogP contribution in [0.1, 0.15) is 19.8 Å². The Bertz CT molecular complexity index is 403. The van der Waals surface area contributed by atoms with E-state index in [-0.39, 0.29) is 11.8 Å². The van der Waals surface area contributed by atoms with Gasteiger partial charge in [-0.2, -0.15) is 0 Å². The van der Waals surface area contributed by atoms with Crippen LogP contribution >= 0.6 is 0 Å². The van der Waals surface area contributed by atoms with E-state index in [1.165, 1.54) is 0 Å². The first-order valence-electron chi connectivity index (χ1n) is 6.48. The summed E-state index contributed by atoms with van der Waals surface area (Å²) in [5, 5.41) is 0. The molecule has 98 valence electrons. The maximum Gasteiger partial charge on any atom is 0.227 e. The molecule has 0 bridgehead atoms. The summed E-state index contributed by atoms with van der Waals surface area (Å²) >= 11 is 0. The van der Waals surface area contributed by atoms with Gasteiger partial charge in [0.25, 0.3) is 0 Å². The molecule has 0 aliphatic carbocycles. The van der Waals surface area contributed by atoms with E-state index in [9.17, 15) is 4.79 Å². The molecular formula is C14H20N2O2. The number of hydrogen-bond donors (Lipinski definition) is 1. The molecule has 2 rings (SSSR count). The highest BCUT2D eigenvalue weighted by Gasteiger charge is 2.29. The number of carbonyl (C=O) groups is 1. The summed E-state index contributed by atoms with van der Waals surface area (Å²) in [5.74, 6) is 1.30. The van der Waals surface area contributed by atoms with Crippen LogP contribution in [-0.2, 0) is 4.79 Å². The molecular weight excluding hydrogens is 228 g/mol. The van der Waals surface area contributed by atoms with Crippen molar-refractivity contribution in [2.75, 3.05) is 24.6 Å². The van der Waals surface area contributed by atoms with E-state index >= 15 is 0 Å². The van der Waals surface area contributed by atoms with Gasteiger partial charge in [-0.25, -0.2) is 0 Å². The molecule has 0 spiro atoms. The van der Waals surface area contributed by atoms with Gasteiger partial charge < -0.3 is 15.4 Å². The molecule has 4 nitrogen and oxygen atoms in total. The monoisotopic (exact) mass is 248 g/mol. The fourth-order valence-corrected chi connectivity index (χ4v) is 2.13. The Balaban J connectivity index is 2.03. The molecule has 0 radical (unpaired) electrons. The Labute approximate surface area is 108 Å². The lowest BCUT2D eigenvalue weighted by atomic mass is 10.1. The van der Waals surface area contributed by atoms with Crippen molar-refractivity contribution in [3.8, 4) is 5.75 Å². The predicted molar refractivity (Wildman–Crippen MR) is 71.7 cm³/mol. The quantitative estimate of drug-likeness (QED) is 0.864. The second kappa shape index (κ2) is 5.87. The van der Waals surface area contributed by atoms with Crippen molar-refractivity contribution in [1.29, 1.82) is 0 Å². The molecule has 4 heteroatoms. The average Bonchev–Trinajstić information content (AvgIpc) is 2.78. The third-order valence-electron chi connectivity index (χ3n) is 3.16. The highest BCUT2D eigenvalue weighted by atomic mass is 16.5. The van der Waals surface area contributed by atoms with E-state index in [1.54, 1.807) is 4.90 Å². The number of anilines is 1. The number of rotatable bonds is 5. The summed E-state index contributed by atoms with van der Waals surface area (Å²) in [6.07, 6.45) is 1.55. The highest BCUT2D eigenvalue weighted by molar-refractivity contribution is 5.95. The Morgan fingerprint density at radius 2 is 2.11 bits per heavy atom. The normalized spacial score (nSPS) is 19.3. The largest absolute Gasteiger partial charge is 0.494 e. The minimum absolute atomic E-state index is 0.160. The van der Waals surface area contributed by atoms with E-state index in [2.05, 4.69) is 6.92 Å². The first kappa shape index (κ1) is 12.9. The third-order valence-corrected chi connectivity index (χ3v) is 3.16. The lowest BCUT2D eigenvalue weighted by Gasteiger charge is -2.17. The smallest absolute Gasteiger partial charge is 0.227 e. The van der Waals surface area contributed by atoms with Crippen LogP contribution in [0.3, 0.4) is 0 Å². The van der Waals surface area contributed by atoms with Crippen molar-refractivity contribution in [1.82, 2.24) is 0 Å². The van der Waals surface area contributed by atoms with Gasteiger partial charge in [0.1, 0.15) is 5.75 Å². The summed E-state index contributed by atoms with van der Waals surface area (Å²) in [6.45, 7) is 4.09. The fraction of sp³-hybridized carbons (Fsp3) is 0.500. The number of ether oxygens (including phenoxy) is 1. The minimum atomic E-state index is 0.160.